The molecule has 1 aromatic carbocycles. The summed E-state index contributed by atoms with van der Waals surface area (Å²) in [5.41, 5.74) is 1.78. The summed E-state index contributed by atoms with van der Waals surface area (Å²) < 4.78 is 11.8. The molecule has 3 heterocycles. The second kappa shape index (κ2) is 9.72. The van der Waals surface area contributed by atoms with Crippen LogP contribution in [0.25, 0.3) is 11.0 Å². The summed E-state index contributed by atoms with van der Waals surface area (Å²) in [5, 5.41) is 7.45. The van der Waals surface area contributed by atoms with Crippen LogP contribution in [0.1, 0.15) is 24.2 Å². The number of hydrogen-bond acceptors (Lipinski definition) is 9. The molecule has 2 aromatic heterocycles. The van der Waals surface area contributed by atoms with Crippen LogP contribution in [0.3, 0.4) is 0 Å². The molecule has 11 nitrogen and oxygen atoms in total. The Hall–Kier alpha value is -3.89. The van der Waals surface area contributed by atoms with Gasteiger partial charge in [-0.25, -0.2) is 19.6 Å². The molecular formula is C22H27N7O4. The van der Waals surface area contributed by atoms with Gasteiger partial charge in [-0.1, -0.05) is 12.1 Å². The lowest BCUT2D eigenvalue weighted by Crippen LogP contribution is -2.49. The van der Waals surface area contributed by atoms with Gasteiger partial charge in [0.25, 0.3) is 0 Å². The highest BCUT2D eigenvalue weighted by molar-refractivity contribution is 5.96. The highest BCUT2D eigenvalue weighted by atomic mass is 16.6. The van der Waals surface area contributed by atoms with Crippen molar-refractivity contribution < 1.29 is 19.1 Å². The molecule has 0 aliphatic carbocycles. The number of benzene rings is 1. The van der Waals surface area contributed by atoms with Crippen molar-refractivity contribution in [2.24, 2.45) is 7.05 Å². The van der Waals surface area contributed by atoms with Crippen molar-refractivity contribution in [3.8, 4) is 0 Å². The number of piperazine rings is 1. The molecule has 0 unspecified atom stereocenters. The maximum atomic E-state index is 12.4. The summed E-state index contributed by atoms with van der Waals surface area (Å²) in [6, 6.07) is 7.59. The van der Waals surface area contributed by atoms with E-state index in [-0.39, 0.29) is 12.7 Å². The van der Waals surface area contributed by atoms with Gasteiger partial charge in [-0.15, -0.1) is 0 Å². The SMILES string of the molecule is CCOC(=O)c1cnn(C)c1Nc1nc2ccccc2nc1N1CCN(C(=O)OCC)CC1. The van der Waals surface area contributed by atoms with E-state index in [9.17, 15) is 9.59 Å². The number of rotatable bonds is 6. The zero-order chi connectivity index (χ0) is 23.4. The fourth-order valence-electron chi connectivity index (χ4n) is 3.67. The predicted molar refractivity (Wildman–Crippen MR) is 123 cm³/mol. The number of hydrogen-bond donors (Lipinski definition) is 1. The third-order valence-corrected chi connectivity index (χ3v) is 5.33. The molecule has 3 aromatic rings. The zero-order valence-electron chi connectivity index (χ0n) is 18.9. The Labute approximate surface area is 191 Å². The largest absolute Gasteiger partial charge is 0.462 e. The molecule has 0 radical (unpaired) electrons. The zero-order valence-corrected chi connectivity index (χ0v) is 18.9. The van der Waals surface area contributed by atoms with Crippen LogP contribution in [-0.4, -0.2) is 76.1 Å². The summed E-state index contributed by atoms with van der Waals surface area (Å²) in [4.78, 5) is 37.9. The molecular weight excluding hydrogens is 426 g/mol. The molecule has 1 aliphatic heterocycles. The van der Waals surface area contributed by atoms with Crippen LogP contribution in [0.2, 0.25) is 0 Å². The van der Waals surface area contributed by atoms with Gasteiger partial charge in [-0.05, 0) is 26.0 Å². The van der Waals surface area contributed by atoms with E-state index in [1.54, 1.807) is 30.5 Å². The molecule has 33 heavy (non-hydrogen) atoms. The Morgan fingerprint density at radius 1 is 1.00 bits per heavy atom. The number of carbonyl (C=O) groups excluding carboxylic acids is 2. The number of ether oxygens (including phenoxy) is 2. The van der Waals surface area contributed by atoms with Crippen molar-refractivity contribution in [2.45, 2.75) is 13.8 Å². The Bertz CT molecular complexity index is 1150. The number of esters is 1. The molecule has 174 valence electrons. The van der Waals surface area contributed by atoms with Crippen molar-refractivity contribution in [2.75, 3.05) is 49.6 Å². The van der Waals surface area contributed by atoms with Crippen molar-refractivity contribution in [1.82, 2.24) is 24.6 Å². The van der Waals surface area contributed by atoms with E-state index in [1.807, 2.05) is 24.3 Å². The van der Waals surface area contributed by atoms with Crippen molar-refractivity contribution >= 4 is 40.5 Å². The monoisotopic (exact) mass is 453 g/mol. The van der Waals surface area contributed by atoms with E-state index in [4.69, 9.17) is 19.4 Å². The third kappa shape index (κ3) is 4.66. The van der Waals surface area contributed by atoms with E-state index >= 15 is 0 Å². The lowest BCUT2D eigenvalue weighted by atomic mass is 10.2. The smallest absolute Gasteiger partial charge is 0.409 e. The summed E-state index contributed by atoms with van der Waals surface area (Å²) in [6.07, 6.45) is 1.15. The maximum Gasteiger partial charge on any atom is 0.409 e. The van der Waals surface area contributed by atoms with Crippen molar-refractivity contribution in [1.29, 1.82) is 0 Å². The minimum Gasteiger partial charge on any atom is -0.462 e. The molecule has 0 saturated carbocycles. The van der Waals surface area contributed by atoms with Crippen LogP contribution < -0.4 is 10.2 Å². The number of fused-ring (bicyclic) bond motifs is 1. The number of amides is 1. The molecule has 1 fully saturated rings. The van der Waals surface area contributed by atoms with Gasteiger partial charge < -0.3 is 24.6 Å². The van der Waals surface area contributed by atoms with Gasteiger partial charge in [-0.2, -0.15) is 5.10 Å². The van der Waals surface area contributed by atoms with Gasteiger partial charge in [0.15, 0.2) is 11.6 Å². The van der Waals surface area contributed by atoms with Gasteiger partial charge in [0.2, 0.25) is 0 Å². The summed E-state index contributed by atoms with van der Waals surface area (Å²) in [5.74, 6) is 1.12. The van der Waals surface area contributed by atoms with E-state index in [2.05, 4.69) is 15.3 Å². The fraction of sp³-hybridized carbons (Fsp3) is 0.409. The number of carbonyl (C=O) groups is 2. The molecule has 4 rings (SSSR count). The third-order valence-electron chi connectivity index (χ3n) is 5.33. The molecule has 1 aliphatic rings. The molecule has 1 N–H and O–H groups in total. The first kappa shape index (κ1) is 22.3. The lowest BCUT2D eigenvalue weighted by molar-refractivity contribution is 0.0527. The van der Waals surface area contributed by atoms with E-state index in [1.165, 1.54) is 6.20 Å². The van der Waals surface area contributed by atoms with E-state index in [0.717, 1.165) is 5.52 Å². The second-order valence-electron chi connectivity index (χ2n) is 7.43. The number of aromatic nitrogens is 4. The first-order valence-corrected chi connectivity index (χ1v) is 10.9. The number of aryl methyl sites for hydroxylation is 1. The van der Waals surface area contributed by atoms with Gasteiger partial charge in [0, 0.05) is 33.2 Å². The summed E-state index contributed by atoms with van der Waals surface area (Å²) in [7, 11) is 1.73. The Morgan fingerprint density at radius 2 is 1.67 bits per heavy atom. The minimum absolute atomic E-state index is 0.263. The lowest BCUT2D eigenvalue weighted by Gasteiger charge is -2.35. The van der Waals surface area contributed by atoms with Gasteiger partial charge in [0.1, 0.15) is 11.4 Å². The quantitative estimate of drug-likeness (QED) is 0.562. The van der Waals surface area contributed by atoms with Gasteiger partial charge in [-0.3, -0.25) is 4.68 Å². The first-order chi connectivity index (χ1) is 16.0. The second-order valence-corrected chi connectivity index (χ2v) is 7.43. The number of para-hydroxylation sites is 2. The Morgan fingerprint density at radius 3 is 2.33 bits per heavy atom. The standard InChI is InChI=1S/C22H27N7O4/c1-4-32-21(30)15-14-23-27(3)19(15)26-18-20(25-17-9-7-6-8-16(17)24-18)28-10-12-29(13-11-28)22(31)33-5-2/h6-9,14H,4-5,10-13H2,1-3H3,(H,24,26). The van der Waals surface area contributed by atoms with Crippen molar-refractivity contribution in [3.05, 3.63) is 36.0 Å². The summed E-state index contributed by atoms with van der Waals surface area (Å²) >= 11 is 0. The van der Waals surface area contributed by atoms with Crippen LogP contribution in [0, 0.1) is 0 Å². The topological polar surface area (TPSA) is 115 Å². The number of nitrogens with zero attached hydrogens (tertiary/aromatic N) is 6. The normalized spacial score (nSPS) is 13.8. The van der Waals surface area contributed by atoms with Gasteiger partial charge in [0.05, 0.1) is 30.4 Å². The Balaban J connectivity index is 1.67. The average Bonchev–Trinajstić information content (AvgIpc) is 3.19. The molecule has 1 amide bonds. The fourth-order valence-corrected chi connectivity index (χ4v) is 3.67. The molecule has 1 saturated heterocycles. The minimum atomic E-state index is -0.466. The highest BCUT2D eigenvalue weighted by Crippen LogP contribution is 2.30. The average molecular weight is 454 g/mol. The van der Waals surface area contributed by atoms with Gasteiger partial charge >= 0.3 is 12.1 Å². The molecule has 11 heteroatoms. The predicted octanol–water partition coefficient (Wildman–Crippen LogP) is 2.56. The molecule has 0 spiro atoms. The summed E-state index contributed by atoms with van der Waals surface area (Å²) in [6.45, 7) is 6.30. The van der Waals surface area contributed by atoms with E-state index in [0.29, 0.717) is 61.3 Å². The van der Waals surface area contributed by atoms with E-state index < -0.39 is 5.97 Å². The number of nitrogens with one attached hydrogen (secondary N) is 1. The van der Waals surface area contributed by atoms with Crippen LogP contribution in [0.4, 0.5) is 22.2 Å². The first-order valence-electron chi connectivity index (χ1n) is 10.9. The molecule has 0 atom stereocenters. The maximum absolute atomic E-state index is 12.4. The number of anilines is 3. The Kier molecular flexibility index (Phi) is 6.57. The van der Waals surface area contributed by atoms with Crippen LogP contribution in [0.15, 0.2) is 30.5 Å². The van der Waals surface area contributed by atoms with Crippen LogP contribution in [0.5, 0.6) is 0 Å². The highest BCUT2D eigenvalue weighted by Gasteiger charge is 2.26. The molecule has 0 bridgehead atoms. The van der Waals surface area contributed by atoms with Crippen LogP contribution >= 0.6 is 0 Å². The van der Waals surface area contributed by atoms with Crippen LogP contribution in [-0.2, 0) is 16.5 Å². The van der Waals surface area contributed by atoms with Crippen molar-refractivity contribution in [3.63, 3.8) is 0 Å².